The van der Waals surface area contributed by atoms with Crippen LogP contribution in [-0.4, -0.2) is 68.7 Å². The van der Waals surface area contributed by atoms with E-state index in [2.05, 4.69) is 11.4 Å². The smallest absolute Gasteiger partial charge is 0.254 e. The normalized spacial score (nSPS) is 14.8. The number of fused-ring (bicyclic) bond motifs is 1. The van der Waals surface area contributed by atoms with Gasteiger partial charge >= 0.3 is 0 Å². The van der Waals surface area contributed by atoms with Crippen LogP contribution >= 0.6 is 11.3 Å². The van der Waals surface area contributed by atoms with E-state index in [1.807, 2.05) is 35.2 Å². The SMILES string of the molecule is COCCN(CC(=O)N1CCc2sccc2[C@@H]1COc1ccccc1)C(=O)c1cccc(OC)c1. The van der Waals surface area contributed by atoms with Gasteiger partial charge in [0.2, 0.25) is 5.91 Å². The Morgan fingerprint density at radius 1 is 1.06 bits per heavy atom. The number of amides is 2. The molecular formula is C27H30N2O5S. The van der Waals surface area contributed by atoms with Crippen LogP contribution in [0, 0.1) is 0 Å². The summed E-state index contributed by atoms with van der Waals surface area (Å²) in [5.41, 5.74) is 1.59. The van der Waals surface area contributed by atoms with E-state index in [4.69, 9.17) is 14.2 Å². The summed E-state index contributed by atoms with van der Waals surface area (Å²) in [6.07, 6.45) is 0.794. The van der Waals surface area contributed by atoms with Gasteiger partial charge in [0.1, 0.15) is 24.7 Å². The molecule has 1 aliphatic heterocycles. The molecule has 0 N–H and O–H groups in total. The fraction of sp³-hybridized carbons (Fsp3) is 0.333. The molecule has 2 amide bonds. The Bertz CT molecular complexity index is 1130. The highest BCUT2D eigenvalue weighted by atomic mass is 32.1. The molecule has 2 aromatic carbocycles. The fourth-order valence-corrected chi connectivity index (χ4v) is 5.14. The van der Waals surface area contributed by atoms with Gasteiger partial charge in [0, 0.05) is 30.6 Å². The Hall–Kier alpha value is -3.36. The molecule has 0 fully saturated rings. The molecule has 0 radical (unpaired) electrons. The monoisotopic (exact) mass is 494 g/mol. The van der Waals surface area contributed by atoms with Crippen molar-refractivity contribution < 1.29 is 23.8 Å². The Morgan fingerprint density at radius 2 is 1.86 bits per heavy atom. The first-order valence-corrected chi connectivity index (χ1v) is 12.4. The zero-order valence-corrected chi connectivity index (χ0v) is 20.8. The summed E-state index contributed by atoms with van der Waals surface area (Å²) in [6.45, 7) is 1.53. The van der Waals surface area contributed by atoms with Crippen molar-refractivity contribution in [3.05, 3.63) is 82.0 Å². The first kappa shape index (κ1) is 24.8. The maximum atomic E-state index is 13.6. The van der Waals surface area contributed by atoms with Crippen molar-refractivity contribution in [1.29, 1.82) is 0 Å². The van der Waals surface area contributed by atoms with Gasteiger partial charge in [0.15, 0.2) is 0 Å². The second-order valence-corrected chi connectivity index (χ2v) is 9.23. The van der Waals surface area contributed by atoms with E-state index in [1.165, 1.54) is 4.88 Å². The van der Waals surface area contributed by atoms with Gasteiger partial charge in [0.05, 0.1) is 19.8 Å². The molecule has 1 aromatic heterocycles. The zero-order chi connectivity index (χ0) is 24.6. The van der Waals surface area contributed by atoms with E-state index in [1.54, 1.807) is 54.7 Å². The van der Waals surface area contributed by atoms with Gasteiger partial charge < -0.3 is 24.0 Å². The minimum atomic E-state index is -0.236. The summed E-state index contributed by atoms with van der Waals surface area (Å²) in [4.78, 5) is 31.6. The molecule has 4 rings (SSSR count). The van der Waals surface area contributed by atoms with Crippen LogP contribution in [0.3, 0.4) is 0 Å². The molecule has 1 atom stereocenters. The number of methoxy groups -OCH3 is 2. The Labute approximate surface area is 209 Å². The van der Waals surface area contributed by atoms with Gasteiger partial charge in [-0.25, -0.2) is 0 Å². The number of ether oxygens (including phenoxy) is 3. The van der Waals surface area contributed by atoms with Crippen LogP contribution in [0.2, 0.25) is 0 Å². The third kappa shape index (κ3) is 6.01. The lowest BCUT2D eigenvalue weighted by atomic mass is 10.0. The molecule has 0 bridgehead atoms. The van der Waals surface area contributed by atoms with E-state index in [-0.39, 0.29) is 24.4 Å². The second-order valence-electron chi connectivity index (χ2n) is 8.23. The highest BCUT2D eigenvalue weighted by Gasteiger charge is 2.33. The van der Waals surface area contributed by atoms with Gasteiger partial charge in [-0.15, -0.1) is 11.3 Å². The number of hydrogen-bond acceptors (Lipinski definition) is 6. The van der Waals surface area contributed by atoms with Crippen LogP contribution in [0.15, 0.2) is 66.0 Å². The first-order valence-electron chi connectivity index (χ1n) is 11.6. The Kier molecular flexibility index (Phi) is 8.39. The summed E-state index contributed by atoms with van der Waals surface area (Å²) >= 11 is 1.71. The predicted molar refractivity (Wildman–Crippen MR) is 135 cm³/mol. The van der Waals surface area contributed by atoms with Crippen LogP contribution in [0.1, 0.15) is 26.8 Å². The topological polar surface area (TPSA) is 68.3 Å². The van der Waals surface area contributed by atoms with Crippen molar-refractivity contribution in [3.63, 3.8) is 0 Å². The molecule has 1 aliphatic rings. The number of carbonyl (C=O) groups excluding carboxylic acids is 2. The quantitative estimate of drug-likeness (QED) is 0.425. The Morgan fingerprint density at radius 3 is 2.63 bits per heavy atom. The van der Waals surface area contributed by atoms with Crippen LogP contribution in [0.4, 0.5) is 0 Å². The summed E-state index contributed by atoms with van der Waals surface area (Å²) in [7, 11) is 3.14. The van der Waals surface area contributed by atoms with E-state index in [9.17, 15) is 9.59 Å². The van der Waals surface area contributed by atoms with Crippen LogP contribution in [-0.2, 0) is 16.0 Å². The van der Waals surface area contributed by atoms with E-state index >= 15 is 0 Å². The maximum Gasteiger partial charge on any atom is 0.254 e. The lowest BCUT2D eigenvalue weighted by Gasteiger charge is -2.37. The highest BCUT2D eigenvalue weighted by Crippen LogP contribution is 2.34. The van der Waals surface area contributed by atoms with Crippen LogP contribution < -0.4 is 9.47 Å². The lowest BCUT2D eigenvalue weighted by molar-refractivity contribution is -0.135. The Balaban J connectivity index is 1.52. The third-order valence-corrected chi connectivity index (χ3v) is 7.06. The minimum absolute atomic E-state index is 0.0410. The van der Waals surface area contributed by atoms with Crippen molar-refractivity contribution in [2.24, 2.45) is 0 Å². The summed E-state index contributed by atoms with van der Waals surface area (Å²) in [6, 6.07) is 18.4. The van der Waals surface area contributed by atoms with Crippen molar-refractivity contribution >= 4 is 23.2 Å². The third-order valence-electron chi connectivity index (χ3n) is 6.06. The standard InChI is InChI=1S/C27H30N2O5S/c1-32-15-14-28(27(31)20-7-6-10-22(17-20)33-2)18-26(30)29-13-11-25-23(12-16-35-25)24(29)19-34-21-8-4-3-5-9-21/h3-10,12,16-17,24H,11,13-15,18-19H2,1-2H3/t24-/m0/s1. The maximum absolute atomic E-state index is 13.6. The molecule has 0 saturated carbocycles. The second kappa shape index (κ2) is 11.9. The van der Waals surface area contributed by atoms with Crippen LogP contribution in [0.5, 0.6) is 11.5 Å². The predicted octanol–water partition coefficient (Wildman–Crippen LogP) is 4.05. The lowest BCUT2D eigenvalue weighted by Crippen LogP contribution is -2.48. The molecule has 7 nitrogen and oxygen atoms in total. The largest absolute Gasteiger partial charge is 0.497 e. The molecule has 0 aliphatic carbocycles. The van der Waals surface area contributed by atoms with Gasteiger partial charge in [-0.2, -0.15) is 0 Å². The molecule has 8 heteroatoms. The van der Waals surface area contributed by atoms with Crippen molar-refractivity contribution in [3.8, 4) is 11.5 Å². The summed E-state index contributed by atoms with van der Waals surface area (Å²) in [5, 5.41) is 2.06. The van der Waals surface area contributed by atoms with Crippen molar-refractivity contribution in [2.75, 3.05) is 47.1 Å². The molecule has 3 aromatic rings. The molecule has 0 unspecified atom stereocenters. The van der Waals surface area contributed by atoms with Gasteiger partial charge in [0.25, 0.3) is 5.91 Å². The van der Waals surface area contributed by atoms with Gasteiger partial charge in [-0.1, -0.05) is 24.3 Å². The number of para-hydroxylation sites is 1. The summed E-state index contributed by atoms with van der Waals surface area (Å²) in [5.74, 6) is 1.00. The van der Waals surface area contributed by atoms with Crippen LogP contribution in [0.25, 0.3) is 0 Å². The molecule has 0 spiro atoms. The van der Waals surface area contributed by atoms with Crippen molar-refractivity contribution in [1.82, 2.24) is 9.80 Å². The molecule has 2 heterocycles. The first-order chi connectivity index (χ1) is 17.1. The molecular weight excluding hydrogens is 464 g/mol. The van der Waals surface area contributed by atoms with E-state index < -0.39 is 0 Å². The number of nitrogens with zero attached hydrogens (tertiary/aromatic N) is 2. The average molecular weight is 495 g/mol. The highest BCUT2D eigenvalue weighted by molar-refractivity contribution is 7.10. The molecule has 0 saturated heterocycles. The number of rotatable bonds is 10. The number of hydrogen-bond donors (Lipinski definition) is 0. The zero-order valence-electron chi connectivity index (χ0n) is 20.0. The molecule has 35 heavy (non-hydrogen) atoms. The van der Waals surface area contributed by atoms with Gasteiger partial charge in [-0.05, 0) is 53.8 Å². The average Bonchev–Trinajstić information content (AvgIpc) is 3.39. The number of benzene rings is 2. The molecule has 184 valence electrons. The van der Waals surface area contributed by atoms with E-state index in [0.29, 0.717) is 37.6 Å². The number of carbonyl (C=O) groups is 2. The van der Waals surface area contributed by atoms with Gasteiger partial charge in [-0.3, -0.25) is 9.59 Å². The minimum Gasteiger partial charge on any atom is -0.497 e. The van der Waals surface area contributed by atoms with E-state index in [0.717, 1.165) is 17.7 Å². The summed E-state index contributed by atoms with van der Waals surface area (Å²) < 4.78 is 16.5. The fourth-order valence-electron chi connectivity index (χ4n) is 4.21. The number of thiophene rings is 1. The van der Waals surface area contributed by atoms with Crippen molar-refractivity contribution in [2.45, 2.75) is 12.5 Å².